The maximum absolute atomic E-state index is 12.4. The number of rotatable bonds is 6. The Morgan fingerprint density at radius 1 is 1.14 bits per heavy atom. The van der Waals surface area contributed by atoms with Gasteiger partial charge in [-0.25, -0.2) is 22.2 Å². The van der Waals surface area contributed by atoms with Crippen molar-refractivity contribution in [3.8, 4) is 0 Å². The minimum absolute atomic E-state index is 0.149. The lowest BCUT2D eigenvalue weighted by Crippen LogP contribution is -2.22. The molecule has 0 radical (unpaired) electrons. The number of benzene rings is 1. The largest absolute Gasteiger partial charge is 0.326 e. The molecule has 0 saturated heterocycles. The average molecular weight is 416 g/mol. The normalized spacial score (nSPS) is 11.9. The highest BCUT2D eigenvalue weighted by Gasteiger charge is 2.17. The van der Waals surface area contributed by atoms with E-state index in [-0.39, 0.29) is 17.2 Å². The molecule has 0 aliphatic carbocycles. The van der Waals surface area contributed by atoms with Crippen molar-refractivity contribution in [2.75, 3.05) is 19.4 Å². The Labute approximate surface area is 170 Å². The zero-order valence-electron chi connectivity index (χ0n) is 17.2. The summed E-state index contributed by atoms with van der Waals surface area (Å²) in [6.45, 7) is 5.84. The Bertz CT molecular complexity index is 1170. The molecule has 9 heteroatoms. The molecule has 154 valence electrons. The number of carbonyl (C=O) groups is 1. The number of carbonyl (C=O) groups excluding carboxylic acids is 1. The van der Waals surface area contributed by atoms with Crippen LogP contribution in [0.15, 0.2) is 35.2 Å². The van der Waals surface area contributed by atoms with Crippen LogP contribution >= 0.6 is 0 Å². The second-order valence-electron chi connectivity index (χ2n) is 7.18. The maximum Gasteiger partial charge on any atom is 0.242 e. The molecule has 0 saturated carbocycles. The number of nitrogens with one attached hydrogen (secondary N) is 1. The molecule has 0 aliphatic heterocycles. The van der Waals surface area contributed by atoms with Crippen LogP contribution in [0, 0.1) is 20.8 Å². The first-order valence-corrected chi connectivity index (χ1v) is 10.7. The van der Waals surface area contributed by atoms with E-state index < -0.39 is 10.0 Å². The minimum atomic E-state index is -3.49. The van der Waals surface area contributed by atoms with Gasteiger partial charge >= 0.3 is 0 Å². The van der Waals surface area contributed by atoms with Gasteiger partial charge in [-0.2, -0.15) is 5.10 Å². The number of aryl methyl sites for hydroxylation is 3. The van der Waals surface area contributed by atoms with Crippen LogP contribution in [-0.4, -0.2) is 47.3 Å². The highest BCUT2D eigenvalue weighted by atomic mass is 32.2. The van der Waals surface area contributed by atoms with Crippen molar-refractivity contribution >= 4 is 27.3 Å². The third kappa shape index (κ3) is 4.30. The molecular formula is C20H25N5O3S. The fourth-order valence-electron chi connectivity index (χ4n) is 3.19. The number of hydrogen-bond donors (Lipinski definition) is 1. The van der Waals surface area contributed by atoms with Crippen molar-refractivity contribution in [2.45, 2.75) is 38.5 Å². The van der Waals surface area contributed by atoms with Crippen LogP contribution in [0.25, 0.3) is 5.65 Å². The van der Waals surface area contributed by atoms with Gasteiger partial charge in [0.1, 0.15) is 0 Å². The first kappa shape index (κ1) is 20.9. The number of sulfonamides is 1. The molecule has 8 nitrogen and oxygen atoms in total. The molecule has 0 unspecified atom stereocenters. The van der Waals surface area contributed by atoms with E-state index in [9.17, 15) is 13.2 Å². The van der Waals surface area contributed by atoms with E-state index >= 15 is 0 Å². The molecule has 1 amide bonds. The lowest BCUT2D eigenvalue weighted by atomic mass is 10.1. The van der Waals surface area contributed by atoms with Crippen molar-refractivity contribution < 1.29 is 13.2 Å². The topological polar surface area (TPSA) is 96.7 Å². The van der Waals surface area contributed by atoms with Gasteiger partial charge in [0.05, 0.1) is 10.6 Å². The van der Waals surface area contributed by atoms with Crippen LogP contribution in [0.2, 0.25) is 0 Å². The van der Waals surface area contributed by atoms with Crippen molar-refractivity contribution in [2.24, 2.45) is 0 Å². The van der Waals surface area contributed by atoms with E-state index in [2.05, 4.69) is 15.4 Å². The lowest BCUT2D eigenvalue weighted by Gasteiger charge is -2.13. The standard InChI is InChI=1S/C20H25N5O3S/c1-13-12-19-21-14(2)18(15(3)25(19)23-13)10-11-20(26)22-16-6-8-17(9-7-16)29(27,28)24(4)5/h6-9,12H,10-11H2,1-5H3,(H,22,26). The van der Waals surface area contributed by atoms with Crippen molar-refractivity contribution in [3.63, 3.8) is 0 Å². The van der Waals surface area contributed by atoms with Crippen LogP contribution in [0.5, 0.6) is 0 Å². The monoisotopic (exact) mass is 415 g/mol. The molecule has 0 aliphatic rings. The van der Waals surface area contributed by atoms with E-state index in [1.807, 2.05) is 26.8 Å². The second kappa shape index (κ2) is 7.92. The van der Waals surface area contributed by atoms with Crippen molar-refractivity contribution in [1.29, 1.82) is 0 Å². The van der Waals surface area contributed by atoms with Crippen LogP contribution in [-0.2, 0) is 21.2 Å². The average Bonchev–Trinajstić information content (AvgIpc) is 3.02. The van der Waals surface area contributed by atoms with Gasteiger partial charge in [0.15, 0.2) is 5.65 Å². The van der Waals surface area contributed by atoms with Gasteiger partial charge in [-0.15, -0.1) is 0 Å². The summed E-state index contributed by atoms with van der Waals surface area (Å²) in [7, 11) is -0.533. The van der Waals surface area contributed by atoms with Crippen LogP contribution in [0.3, 0.4) is 0 Å². The first-order chi connectivity index (χ1) is 13.6. The molecule has 2 aromatic heterocycles. The zero-order valence-corrected chi connectivity index (χ0v) is 18.0. The Morgan fingerprint density at radius 3 is 2.41 bits per heavy atom. The summed E-state index contributed by atoms with van der Waals surface area (Å²) in [5.74, 6) is -0.149. The summed E-state index contributed by atoms with van der Waals surface area (Å²) in [5, 5.41) is 7.26. The SMILES string of the molecule is Cc1cc2nc(C)c(CCC(=O)Nc3ccc(S(=O)(=O)N(C)C)cc3)c(C)n2n1. The highest BCUT2D eigenvalue weighted by Crippen LogP contribution is 2.19. The van der Waals surface area contributed by atoms with E-state index in [0.717, 1.165) is 32.6 Å². The number of aromatic nitrogens is 3. The van der Waals surface area contributed by atoms with E-state index in [1.54, 1.807) is 16.6 Å². The molecule has 0 fully saturated rings. The molecule has 2 heterocycles. The predicted molar refractivity (Wildman–Crippen MR) is 111 cm³/mol. The molecule has 0 bridgehead atoms. The van der Waals surface area contributed by atoms with Gasteiger partial charge in [-0.05, 0) is 57.0 Å². The van der Waals surface area contributed by atoms with Gasteiger partial charge in [0, 0.05) is 43.7 Å². The van der Waals surface area contributed by atoms with Gasteiger partial charge in [-0.3, -0.25) is 4.79 Å². The van der Waals surface area contributed by atoms with Gasteiger partial charge in [0.2, 0.25) is 15.9 Å². The quantitative estimate of drug-likeness (QED) is 0.667. The first-order valence-electron chi connectivity index (χ1n) is 9.24. The maximum atomic E-state index is 12.4. The summed E-state index contributed by atoms with van der Waals surface area (Å²) < 4.78 is 27.2. The van der Waals surface area contributed by atoms with Gasteiger partial charge < -0.3 is 5.32 Å². The summed E-state index contributed by atoms with van der Waals surface area (Å²) in [6, 6.07) is 8.07. The van der Waals surface area contributed by atoms with Crippen LogP contribution in [0.4, 0.5) is 5.69 Å². The van der Waals surface area contributed by atoms with Crippen LogP contribution < -0.4 is 5.32 Å². The molecule has 3 rings (SSSR count). The minimum Gasteiger partial charge on any atom is -0.326 e. The summed E-state index contributed by atoms with van der Waals surface area (Å²) in [6.07, 6.45) is 0.825. The predicted octanol–water partition coefficient (Wildman–Crippen LogP) is 2.48. The fraction of sp³-hybridized carbons (Fsp3) is 0.350. The summed E-state index contributed by atoms with van der Waals surface area (Å²) in [5.41, 5.74) is 5.13. The van der Waals surface area contributed by atoms with Gasteiger partial charge in [-0.1, -0.05) is 0 Å². The van der Waals surface area contributed by atoms with Gasteiger partial charge in [0.25, 0.3) is 0 Å². The number of anilines is 1. The lowest BCUT2D eigenvalue weighted by molar-refractivity contribution is -0.116. The molecule has 0 spiro atoms. The highest BCUT2D eigenvalue weighted by molar-refractivity contribution is 7.89. The van der Waals surface area contributed by atoms with E-state index in [4.69, 9.17) is 0 Å². The fourth-order valence-corrected chi connectivity index (χ4v) is 4.09. The molecule has 3 aromatic rings. The van der Waals surface area contributed by atoms with E-state index in [1.165, 1.54) is 26.2 Å². The Balaban J connectivity index is 1.68. The Kier molecular flexibility index (Phi) is 5.72. The Morgan fingerprint density at radius 2 is 1.79 bits per heavy atom. The summed E-state index contributed by atoms with van der Waals surface area (Å²) in [4.78, 5) is 17.1. The second-order valence-corrected chi connectivity index (χ2v) is 9.33. The molecule has 1 N–H and O–H groups in total. The van der Waals surface area contributed by atoms with E-state index in [0.29, 0.717) is 12.1 Å². The Hall–Kier alpha value is -2.78. The molecule has 29 heavy (non-hydrogen) atoms. The van der Waals surface area contributed by atoms with Crippen molar-refractivity contribution in [3.05, 3.63) is 53.0 Å². The molecule has 0 atom stereocenters. The van der Waals surface area contributed by atoms with Crippen LogP contribution in [0.1, 0.15) is 29.1 Å². The zero-order chi connectivity index (χ0) is 21.3. The third-order valence-corrected chi connectivity index (χ3v) is 6.63. The van der Waals surface area contributed by atoms with Crippen molar-refractivity contribution in [1.82, 2.24) is 18.9 Å². The molecular weight excluding hydrogens is 390 g/mol. The number of hydrogen-bond acceptors (Lipinski definition) is 5. The smallest absolute Gasteiger partial charge is 0.242 e. The molecule has 1 aromatic carbocycles. The number of nitrogens with zero attached hydrogens (tertiary/aromatic N) is 4. The third-order valence-electron chi connectivity index (χ3n) is 4.80. The number of amides is 1. The summed E-state index contributed by atoms with van der Waals surface area (Å²) >= 11 is 0. The number of fused-ring (bicyclic) bond motifs is 1.